The maximum atomic E-state index is 10.2. The Kier molecular flexibility index (Phi) is 1.48. The first-order valence-corrected chi connectivity index (χ1v) is 5.24. The van der Waals surface area contributed by atoms with Crippen molar-refractivity contribution in [2.75, 3.05) is 0 Å². The van der Waals surface area contributed by atoms with E-state index in [1.807, 2.05) is 18.2 Å². The SMILES string of the molecule is C=c1cccc2c1c(O)c1nn3nnnc3nc12. The van der Waals surface area contributed by atoms with Crippen LogP contribution in [0.15, 0.2) is 18.2 Å². The Morgan fingerprint density at radius 1 is 1.22 bits per heavy atom. The van der Waals surface area contributed by atoms with Crippen molar-refractivity contribution in [3.63, 3.8) is 0 Å². The molecule has 4 aromatic rings. The molecule has 0 aliphatic heterocycles. The highest BCUT2D eigenvalue weighted by atomic mass is 16.3. The minimum Gasteiger partial charge on any atom is -0.505 e. The average Bonchev–Trinajstić information content (AvgIpc) is 2.92. The molecule has 7 nitrogen and oxygen atoms in total. The molecule has 86 valence electrons. The number of fused-ring (bicyclic) bond motifs is 4. The van der Waals surface area contributed by atoms with E-state index in [0.29, 0.717) is 22.2 Å². The predicted octanol–water partition coefficient (Wildman–Crippen LogP) is 0.0555. The fourth-order valence-corrected chi connectivity index (χ4v) is 2.15. The summed E-state index contributed by atoms with van der Waals surface area (Å²) in [5.41, 5.74) is 0.955. The fraction of sp³-hybridized carbons (Fsp3) is 0. The molecule has 18 heavy (non-hydrogen) atoms. The third-order valence-electron chi connectivity index (χ3n) is 2.94. The maximum Gasteiger partial charge on any atom is 0.291 e. The van der Waals surface area contributed by atoms with Crippen LogP contribution in [0, 0.1) is 0 Å². The Bertz CT molecular complexity index is 960. The van der Waals surface area contributed by atoms with Crippen molar-refractivity contribution in [3.8, 4) is 5.75 Å². The number of hydrogen-bond acceptors (Lipinski definition) is 6. The molecule has 7 heteroatoms. The molecule has 2 aromatic heterocycles. The molecule has 2 aromatic carbocycles. The van der Waals surface area contributed by atoms with Gasteiger partial charge in [0.1, 0.15) is 5.52 Å². The van der Waals surface area contributed by atoms with Gasteiger partial charge in [0.25, 0.3) is 5.78 Å². The highest BCUT2D eigenvalue weighted by Gasteiger charge is 2.16. The van der Waals surface area contributed by atoms with Crippen molar-refractivity contribution in [1.29, 1.82) is 0 Å². The van der Waals surface area contributed by atoms with E-state index < -0.39 is 0 Å². The molecule has 2 heterocycles. The number of benzene rings is 1. The number of aromatic nitrogens is 6. The van der Waals surface area contributed by atoms with Crippen LogP contribution < -0.4 is 5.22 Å². The minimum atomic E-state index is 0.0653. The number of nitrogens with zero attached hydrogens (tertiary/aromatic N) is 6. The Labute approximate surface area is 99.3 Å². The minimum absolute atomic E-state index is 0.0653. The topological polar surface area (TPSA) is 89.1 Å². The van der Waals surface area contributed by atoms with Gasteiger partial charge in [-0.05, 0) is 15.6 Å². The van der Waals surface area contributed by atoms with Crippen LogP contribution in [0.2, 0.25) is 0 Å². The normalized spacial score (nSPS) is 11.8. The van der Waals surface area contributed by atoms with Crippen LogP contribution in [-0.2, 0) is 0 Å². The molecular weight excluding hydrogens is 232 g/mol. The average molecular weight is 238 g/mol. The van der Waals surface area contributed by atoms with Crippen LogP contribution in [0.5, 0.6) is 5.75 Å². The second kappa shape index (κ2) is 2.89. The van der Waals surface area contributed by atoms with Gasteiger partial charge in [-0.2, -0.15) is 0 Å². The van der Waals surface area contributed by atoms with Gasteiger partial charge in [-0.3, -0.25) is 0 Å². The summed E-state index contributed by atoms with van der Waals surface area (Å²) in [5, 5.41) is 27.4. The van der Waals surface area contributed by atoms with E-state index in [1.165, 1.54) is 4.63 Å². The molecule has 0 atom stereocenters. The summed E-state index contributed by atoms with van der Waals surface area (Å²) < 4.78 is 1.18. The van der Waals surface area contributed by atoms with Gasteiger partial charge in [0.2, 0.25) is 0 Å². The van der Waals surface area contributed by atoms with E-state index in [0.717, 1.165) is 10.6 Å². The lowest BCUT2D eigenvalue weighted by Crippen LogP contribution is -1.96. The predicted molar refractivity (Wildman–Crippen MR) is 63.8 cm³/mol. The molecule has 0 saturated heterocycles. The van der Waals surface area contributed by atoms with Crippen LogP contribution >= 0.6 is 0 Å². The maximum absolute atomic E-state index is 10.2. The standard InChI is InChI=1S/C11H6N6O/c1-5-3-2-4-6-7(5)10(18)9-8(6)12-11-13-15-16-17(11)14-9/h2-4,18H,1H2. The zero-order chi connectivity index (χ0) is 12.3. The summed E-state index contributed by atoms with van der Waals surface area (Å²) in [6, 6.07) is 5.55. The van der Waals surface area contributed by atoms with Gasteiger partial charge in [0.15, 0.2) is 11.3 Å². The van der Waals surface area contributed by atoms with Crippen molar-refractivity contribution >= 4 is 34.2 Å². The van der Waals surface area contributed by atoms with Crippen LogP contribution in [0.1, 0.15) is 0 Å². The summed E-state index contributed by atoms with van der Waals surface area (Å²) in [6.07, 6.45) is 0. The second-order valence-electron chi connectivity index (χ2n) is 3.97. The van der Waals surface area contributed by atoms with Crippen molar-refractivity contribution in [2.45, 2.75) is 0 Å². The zero-order valence-electron chi connectivity index (χ0n) is 9.07. The number of hydrogen-bond donors (Lipinski definition) is 1. The number of aromatic hydroxyl groups is 1. The molecule has 0 saturated carbocycles. The molecule has 0 unspecified atom stereocenters. The van der Waals surface area contributed by atoms with Gasteiger partial charge in [-0.15, -0.1) is 5.10 Å². The highest BCUT2D eigenvalue weighted by molar-refractivity contribution is 6.14. The Hall–Kier alpha value is -2.83. The van der Waals surface area contributed by atoms with Crippen LogP contribution in [-0.4, -0.2) is 35.3 Å². The summed E-state index contributed by atoms with van der Waals surface area (Å²) >= 11 is 0. The number of tetrazole rings is 1. The van der Waals surface area contributed by atoms with Crippen molar-refractivity contribution in [2.24, 2.45) is 0 Å². The van der Waals surface area contributed by atoms with Gasteiger partial charge in [0.05, 0.1) is 0 Å². The van der Waals surface area contributed by atoms with Crippen molar-refractivity contribution in [1.82, 2.24) is 30.2 Å². The molecule has 1 N–H and O–H groups in total. The number of rotatable bonds is 0. The van der Waals surface area contributed by atoms with Crippen LogP contribution in [0.3, 0.4) is 0 Å². The quantitative estimate of drug-likeness (QED) is 0.466. The molecule has 0 radical (unpaired) electrons. The lowest BCUT2D eigenvalue weighted by molar-refractivity contribution is 0.486. The first kappa shape index (κ1) is 9.23. The van der Waals surface area contributed by atoms with Gasteiger partial charge >= 0.3 is 0 Å². The monoisotopic (exact) mass is 238 g/mol. The van der Waals surface area contributed by atoms with E-state index in [2.05, 4.69) is 32.2 Å². The van der Waals surface area contributed by atoms with Gasteiger partial charge < -0.3 is 5.11 Å². The first-order chi connectivity index (χ1) is 8.75. The second-order valence-corrected chi connectivity index (χ2v) is 3.97. The third-order valence-corrected chi connectivity index (χ3v) is 2.94. The van der Waals surface area contributed by atoms with E-state index in [4.69, 9.17) is 0 Å². The summed E-state index contributed by atoms with van der Waals surface area (Å²) in [6.45, 7) is 3.90. The Morgan fingerprint density at radius 3 is 3.00 bits per heavy atom. The first-order valence-electron chi connectivity index (χ1n) is 5.24. The largest absolute Gasteiger partial charge is 0.505 e. The van der Waals surface area contributed by atoms with Gasteiger partial charge in [0, 0.05) is 10.8 Å². The van der Waals surface area contributed by atoms with E-state index in [9.17, 15) is 5.11 Å². The van der Waals surface area contributed by atoms with Crippen molar-refractivity contribution in [3.05, 3.63) is 23.4 Å². The molecule has 0 amide bonds. The molecule has 0 spiro atoms. The molecule has 0 bridgehead atoms. The van der Waals surface area contributed by atoms with E-state index in [1.54, 1.807) is 0 Å². The summed E-state index contributed by atoms with van der Waals surface area (Å²) in [5.74, 6) is 0.361. The molecule has 4 rings (SSSR count). The van der Waals surface area contributed by atoms with Crippen LogP contribution in [0.4, 0.5) is 0 Å². The summed E-state index contributed by atoms with van der Waals surface area (Å²) in [7, 11) is 0. The van der Waals surface area contributed by atoms with Gasteiger partial charge in [-0.25, -0.2) is 4.98 Å². The van der Waals surface area contributed by atoms with Gasteiger partial charge in [-0.1, -0.05) is 34.5 Å². The molecular formula is C11H6N6O. The molecule has 0 aliphatic rings. The smallest absolute Gasteiger partial charge is 0.291 e. The van der Waals surface area contributed by atoms with Crippen LogP contribution in [0.25, 0.3) is 34.2 Å². The Morgan fingerprint density at radius 2 is 2.11 bits per heavy atom. The molecule has 0 fully saturated rings. The third kappa shape index (κ3) is 0.956. The van der Waals surface area contributed by atoms with E-state index >= 15 is 0 Å². The van der Waals surface area contributed by atoms with Crippen molar-refractivity contribution < 1.29 is 5.11 Å². The fourth-order valence-electron chi connectivity index (χ4n) is 2.15. The van der Waals surface area contributed by atoms with E-state index in [-0.39, 0.29) is 5.75 Å². The molecule has 0 aliphatic carbocycles. The lowest BCUT2D eigenvalue weighted by atomic mass is 10.2. The lowest BCUT2D eigenvalue weighted by Gasteiger charge is -1.90. The zero-order valence-corrected chi connectivity index (χ0v) is 9.07. The Balaban J connectivity index is 2.39. The summed E-state index contributed by atoms with van der Waals surface area (Å²) in [4.78, 5) is 4.30. The highest BCUT2D eigenvalue weighted by Crippen LogP contribution is 2.33.